The lowest BCUT2D eigenvalue weighted by Crippen LogP contribution is -2.05. The summed E-state index contributed by atoms with van der Waals surface area (Å²) in [5.41, 5.74) is 0.533. The van der Waals surface area contributed by atoms with Crippen molar-refractivity contribution < 1.29 is 9.18 Å². The Labute approximate surface area is 123 Å². The normalized spacial score (nSPS) is 10.7. The van der Waals surface area contributed by atoms with E-state index in [-0.39, 0.29) is 11.3 Å². The summed E-state index contributed by atoms with van der Waals surface area (Å²) in [7, 11) is 0. The highest BCUT2D eigenvalue weighted by atomic mass is 79.9. The molecule has 0 aliphatic rings. The molecule has 4 heteroatoms. The van der Waals surface area contributed by atoms with Crippen molar-refractivity contribution in [1.29, 1.82) is 0 Å². The Kier molecular flexibility index (Phi) is 3.32. The SMILES string of the molecule is O=C(c1cc(Br)ccc1F)c1cccc2cnccc12. The third kappa shape index (κ3) is 2.23. The Bertz CT molecular complexity index is 811. The van der Waals surface area contributed by atoms with Crippen molar-refractivity contribution in [2.75, 3.05) is 0 Å². The zero-order valence-electron chi connectivity index (χ0n) is 10.3. The molecule has 0 unspecified atom stereocenters. The molecule has 0 bridgehead atoms. The molecule has 0 saturated heterocycles. The molecule has 3 rings (SSSR count). The van der Waals surface area contributed by atoms with Gasteiger partial charge in [0.1, 0.15) is 5.82 Å². The minimum Gasteiger partial charge on any atom is -0.288 e. The van der Waals surface area contributed by atoms with Crippen LogP contribution in [-0.4, -0.2) is 10.8 Å². The highest BCUT2D eigenvalue weighted by Crippen LogP contribution is 2.23. The van der Waals surface area contributed by atoms with E-state index in [2.05, 4.69) is 20.9 Å². The number of fused-ring (bicyclic) bond motifs is 1. The molecular formula is C16H9BrFNO. The first-order chi connectivity index (χ1) is 9.66. The van der Waals surface area contributed by atoms with Crippen LogP contribution >= 0.6 is 15.9 Å². The van der Waals surface area contributed by atoms with Crippen LogP contribution in [0.25, 0.3) is 10.8 Å². The Hall–Kier alpha value is -2.07. The number of rotatable bonds is 2. The lowest BCUT2D eigenvalue weighted by atomic mass is 9.98. The van der Waals surface area contributed by atoms with E-state index in [4.69, 9.17) is 0 Å². The molecule has 0 radical (unpaired) electrons. The Morgan fingerprint density at radius 1 is 1.10 bits per heavy atom. The summed E-state index contributed by atoms with van der Waals surface area (Å²) in [5.74, 6) is -0.857. The van der Waals surface area contributed by atoms with Crippen LogP contribution in [0.15, 0.2) is 59.3 Å². The fraction of sp³-hybridized carbons (Fsp3) is 0. The molecule has 0 amide bonds. The van der Waals surface area contributed by atoms with Gasteiger partial charge in [-0.3, -0.25) is 9.78 Å². The van der Waals surface area contributed by atoms with Gasteiger partial charge in [-0.25, -0.2) is 4.39 Å². The molecular weight excluding hydrogens is 321 g/mol. The number of pyridine rings is 1. The van der Waals surface area contributed by atoms with E-state index in [1.807, 2.05) is 6.07 Å². The minimum atomic E-state index is -0.524. The molecule has 98 valence electrons. The van der Waals surface area contributed by atoms with Gasteiger partial charge in [0.05, 0.1) is 5.56 Å². The number of halogens is 2. The van der Waals surface area contributed by atoms with Crippen molar-refractivity contribution >= 4 is 32.5 Å². The van der Waals surface area contributed by atoms with Crippen LogP contribution in [0.1, 0.15) is 15.9 Å². The third-order valence-corrected chi connectivity index (χ3v) is 3.59. The van der Waals surface area contributed by atoms with Crippen molar-refractivity contribution in [2.24, 2.45) is 0 Å². The summed E-state index contributed by atoms with van der Waals surface area (Å²) in [6.45, 7) is 0. The summed E-state index contributed by atoms with van der Waals surface area (Å²) in [4.78, 5) is 16.6. The highest BCUT2D eigenvalue weighted by Gasteiger charge is 2.16. The van der Waals surface area contributed by atoms with E-state index >= 15 is 0 Å². The molecule has 1 aromatic heterocycles. The lowest BCUT2D eigenvalue weighted by Gasteiger charge is -2.07. The Morgan fingerprint density at radius 2 is 1.95 bits per heavy atom. The van der Waals surface area contributed by atoms with Crippen molar-refractivity contribution in [1.82, 2.24) is 4.98 Å². The molecule has 0 atom stereocenters. The van der Waals surface area contributed by atoms with Gasteiger partial charge in [-0.05, 0) is 29.7 Å². The largest absolute Gasteiger partial charge is 0.288 e. The monoisotopic (exact) mass is 329 g/mol. The minimum absolute atomic E-state index is 0.0590. The molecule has 0 saturated carbocycles. The quantitative estimate of drug-likeness (QED) is 0.653. The van der Waals surface area contributed by atoms with Crippen molar-refractivity contribution in [3.05, 3.63) is 76.3 Å². The molecule has 0 spiro atoms. The maximum Gasteiger partial charge on any atom is 0.196 e. The summed E-state index contributed by atoms with van der Waals surface area (Å²) in [5, 5.41) is 1.63. The number of ketones is 1. The molecule has 3 aromatic rings. The zero-order chi connectivity index (χ0) is 14.1. The van der Waals surface area contributed by atoms with Gasteiger partial charge in [-0.15, -0.1) is 0 Å². The average Bonchev–Trinajstić information content (AvgIpc) is 2.48. The van der Waals surface area contributed by atoms with Crippen molar-refractivity contribution in [2.45, 2.75) is 0 Å². The van der Waals surface area contributed by atoms with Crippen LogP contribution in [0, 0.1) is 5.82 Å². The first kappa shape index (κ1) is 12.9. The molecule has 0 N–H and O–H groups in total. The number of benzene rings is 2. The van der Waals surface area contributed by atoms with Gasteiger partial charge in [0.2, 0.25) is 0 Å². The predicted molar refractivity (Wildman–Crippen MR) is 79.3 cm³/mol. The maximum absolute atomic E-state index is 13.9. The molecule has 1 heterocycles. The lowest BCUT2D eigenvalue weighted by molar-refractivity contribution is 0.103. The van der Waals surface area contributed by atoms with Gasteiger partial charge in [0, 0.05) is 27.8 Å². The maximum atomic E-state index is 13.9. The van der Waals surface area contributed by atoms with Gasteiger partial charge in [0.15, 0.2) is 5.78 Å². The van der Waals surface area contributed by atoms with E-state index in [1.54, 1.807) is 36.7 Å². The first-order valence-corrected chi connectivity index (χ1v) is 6.78. The summed E-state index contributed by atoms with van der Waals surface area (Å²) < 4.78 is 14.5. The van der Waals surface area contributed by atoms with Crippen LogP contribution in [0.4, 0.5) is 4.39 Å². The molecule has 20 heavy (non-hydrogen) atoms. The molecule has 2 aromatic carbocycles. The molecule has 0 aliphatic carbocycles. The standard InChI is InChI=1S/C16H9BrFNO/c17-11-4-5-15(18)14(8-11)16(20)13-3-1-2-10-9-19-7-6-12(10)13/h1-9H. The second-order valence-electron chi connectivity index (χ2n) is 4.36. The fourth-order valence-corrected chi connectivity index (χ4v) is 2.50. The summed E-state index contributed by atoms with van der Waals surface area (Å²) >= 11 is 3.26. The smallest absolute Gasteiger partial charge is 0.196 e. The third-order valence-electron chi connectivity index (χ3n) is 3.10. The van der Waals surface area contributed by atoms with E-state index in [0.717, 1.165) is 10.8 Å². The Balaban J connectivity index is 2.20. The number of aromatic nitrogens is 1. The van der Waals surface area contributed by atoms with Gasteiger partial charge in [0.25, 0.3) is 0 Å². The van der Waals surface area contributed by atoms with Crippen LogP contribution in [0.3, 0.4) is 0 Å². The molecule has 0 fully saturated rings. The van der Waals surface area contributed by atoms with Crippen LogP contribution in [0.5, 0.6) is 0 Å². The fourth-order valence-electron chi connectivity index (χ4n) is 2.14. The predicted octanol–water partition coefficient (Wildman–Crippen LogP) is 4.37. The van der Waals surface area contributed by atoms with Crippen LogP contribution < -0.4 is 0 Å². The molecule has 2 nitrogen and oxygen atoms in total. The van der Waals surface area contributed by atoms with E-state index in [0.29, 0.717) is 10.0 Å². The number of hydrogen-bond donors (Lipinski definition) is 0. The second-order valence-corrected chi connectivity index (χ2v) is 5.27. The average molecular weight is 330 g/mol. The van der Waals surface area contributed by atoms with Gasteiger partial charge in [-0.1, -0.05) is 34.1 Å². The van der Waals surface area contributed by atoms with Gasteiger partial charge in [-0.2, -0.15) is 0 Å². The second kappa shape index (κ2) is 5.13. The number of nitrogens with zero attached hydrogens (tertiary/aromatic N) is 1. The summed E-state index contributed by atoms with van der Waals surface area (Å²) in [6, 6.07) is 11.5. The van der Waals surface area contributed by atoms with Crippen molar-refractivity contribution in [3.63, 3.8) is 0 Å². The summed E-state index contributed by atoms with van der Waals surface area (Å²) in [6.07, 6.45) is 3.31. The highest BCUT2D eigenvalue weighted by molar-refractivity contribution is 9.10. The zero-order valence-corrected chi connectivity index (χ0v) is 11.9. The van der Waals surface area contributed by atoms with E-state index in [1.165, 1.54) is 12.1 Å². The number of carbonyl (C=O) groups is 1. The van der Waals surface area contributed by atoms with Gasteiger partial charge < -0.3 is 0 Å². The van der Waals surface area contributed by atoms with Crippen LogP contribution in [0.2, 0.25) is 0 Å². The van der Waals surface area contributed by atoms with E-state index in [9.17, 15) is 9.18 Å². The van der Waals surface area contributed by atoms with Crippen LogP contribution in [-0.2, 0) is 0 Å². The van der Waals surface area contributed by atoms with Crippen molar-refractivity contribution in [3.8, 4) is 0 Å². The van der Waals surface area contributed by atoms with E-state index < -0.39 is 5.82 Å². The van der Waals surface area contributed by atoms with Gasteiger partial charge >= 0.3 is 0 Å². The number of hydrogen-bond acceptors (Lipinski definition) is 2. The topological polar surface area (TPSA) is 30.0 Å². The molecule has 0 aliphatic heterocycles. The first-order valence-electron chi connectivity index (χ1n) is 5.99. The Morgan fingerprint density at radius 3 is 2.80 bits per heavy atom. The number of carbonyl (C=O) groups excluding carboxylic acids is 1.